The lowest BCUT2D eigenvalue weighted by atomic mass is 10.2. The van der Waals surface area contributed by atoms with Crippen molar-refractivity contribution in [2.24, 2.45) is 0 Å². The van der Waals surface area contributed by atoms with Gasteiger partial charge in [-0.15, -0.1) is 0 Å². The lowest BCUT2D eigenvalue weighted by Gasteiger charge is -2.29. The largest absolute Gasteiger partial charge is 0.378 e. The second-order valence-corrected chi connectivity index (χ2v) is 6.78. The molecular formula is C14H20N2O4S. The minimum absolute atomic E-state index is 0.130. The zero-order chi connectivity index (χ0) is 15.3. The summed E-state index contributed by atoms with van der Waals surface area (Å²) in [6, 6.07) is 8.12. The predicted octanol–water partition coefficient (Wildman–Crippen LogP) is 0.353. The highest BCUT2D eigenvalue weighted by Gasteiger charge is 2.26. The fourth-order valence-electron chi connectivity index (χ4n) is 2.21. The van der Waals surface area contributed by atoms with E-state index in [1.54, 1.807) is 36.1 Å². The van der Waals surface area contributed by atoms with E-state index in [2.05, 4.69) is 4.72 Å². The Bertz CT molecular complexity index is 568. The number of sulfonamides is 1. The third kappa shape index (κ3) is 4.80. The first-order valence-electron chi connectivity index (χ1n) is 6.88. The lowest BCUT2D eigenvalue weighted by molar-refractivity contribution is -0.136. The standard InChI is InChI=1S/C14H20N2O4S/c1-12(14(17)16-7-9-20-10-8-16)15-21(18,19)11-13-5-3-2-4-6-13/h2-6,12,15H,7-11H2,1H3/t12-/m1/s1. The van der Waals surface area contributed by atoms with E-state index >= 15 is 0 Å². The fraction of sp³-hybridized carbons (Fsp3) is 0.500. The second-order valence-electron chi connectivity index (χ2n) is 5.02. The third-order valence-corrected chi connectivity index (χ3v) is 4.68. The Morgan fingerprint density at radius 2 is 1.90 bits per heavy atom. The van der Waals surface area contributed by atoms with Crippen molar-refractivity contribution < 1.29 is 17.9 Å². The van der Waals surface area contributed by atoms with Crippen LogP contribution in [0, 0.1) is 0 Å². The molecule has 7 heteroatoms. The highest BCUT2D eigenvalue weighted by Crippen LogP contribution is 2.06. The molecule has 0 aromatic heterocycles. The summed E-state index contributed by atoms with van der Waals surface area (Å²) in [5.74, 6) is -0.343. The lowest BCUT2D eigenvalue weighted by Crippen LogP contribution is -2.50. The predicted molar refractivity (Wildman–Crippen MR) is 79.1 cm³/mol. The van der Waals surface area contributed by atoms with Gasteiger partial charge in [-0.2, -0.15) is 0 Å². The van der Waals surface area contributed by atoms with Gasteiger partial charge in [0.2, 0.25) is 15.9 Å². The average molecular weight is 312 g/mol. The molecule has 116 valence electrons. The van der Waals surface area contributed by atoms with Crippen LogP contribution >= 0.6 is 0 Å². The Kier molecular flexibility index (Phi) is 5.33. The minimum Gasteiger partial charge on any atom is -0.378 e. The molecule has 0 aliphatic carbocycles. The van der Waals surface area contributed by atoms with Crippen molar-refractivity contribution in [3.8, 4) is 0 Å². The van der Waals surface area contributed by atoms with E-state index in [-0.39, 0.29) is 11.7 Å². The molecule has 0 unspecified atom stereocenters. The summed E-state index contributed by atoms with van der Waals surface area (Å²) >= 11 is 0. The number of ether oxygens (including phenoxy) is 1. The van der Waals surface area contributed by atoms with Crippen molar-refractivity contribution in [1.29, 1.82) is 0 Å². The Balaban J connectivity index is 1.94. The third-order valence-electron chi connectivity index (χ3n) is 3.25. The molecule has 1 saturated heterocycles. The highest BCUT2D eigenvalue weighted by molar-refractivity contribution is 7.88. The van der Waals surface area contributed by atoms with E-state index in [1.165, 1.54) is 0 Å². The Morgan fingerprint density at radius 3 is 2.52 bits per heavy atom. The van der Waals surface area contributed by atoms with Crippen LogP contribution in [0.3, 0.4) is 0 Å². The number of hydrogen-bond acceptors (Lipinski definition) is 4. The van der Waals surface area contributed by atoms with E-state index < -0.39 is 16.1 Å². The maximum absolute atomic E-state index is 12.2. The number of amides is 1. The first-order chi connectivity index (χ1) is 9.98. The molecule has 1 aliphatic heterocycles. The van der Waals surface area contributed by atoms with Crippen LogP contribution in [-0.2, 0) is 25.3 Å². The maximum Gasteiger partial charge on any atom is 0.240 e. The molecule has 6 nitrogen and oxygen atoms in total. The van der Waals surface area contributed by atoms with Crippen LogP contribution in [0.25, 0.3) is 0 Å². The molecule has 21 heavy (non-hydrogen) atoms. The second kappa shape index (κ2) is 7.02. The Morgan fingerprint density at radius 1 is 1.29 bits per heavy atom. The minimum atomic E-state index is -3.55. The van der Waals surface area contributed by atoms with Crippen molar-refractivity contribution in [2.75, 3.05) is 26.3 Å². The fourth-order valence-corrected chi connectivity index (χ4v) is 3.57. The van der Waals surface area contributed by atoms with E-state index in [9.17, 15) is 13.2 Å². The molecule has 2 rings (SSSR count). The van der Waals surface area contributed by atoms with Crippen LogP contribution in [0.5, 0.6) is 0 Å². The molecule has 1 heterocycles. The van der Waals surface area contributed by atoms with Crippen LogP contribution in [0.2, 0.25) is 0 Å². The molecular weight excluding hydrogens is 292 g/mol. The topological polar surface area (TPSA) is 75.7 Å². The van der Waals surface area contributed by atoms with Gasteiger partial charge in [-0.1, -0.05) is 30.3 Å². The molecule has 1 atom stereocenters. The Labute approximate surface area is 125 Å². The van der Waals surface area contributed by atoms with Crippen LogP contribution in [-0.4, -0.2) is 51.6 Å². The first-order valence-corrected chi connectivity index (χ1v) is 8.53. The molecule has 0 saturated carbocycles. The zero-order valence-corrected chi connectivity index (χ0v) is 12.8. The molecule has 1 aromatic carbocycles. The van der Waals surface area contributed by atoms with Crippen molar-refractivity contribution in [3.63, 3.8) is 0 Å². The van der Waals surface area contributed by atoms with E-state index in [0.717, 1.165) is 0 Å². The molecule has 1 N–H and O–H groups in total. The Hall–Kier alpha value is -1.44. The SMILES string of the molecule is C[C@@H](NS(=O)(=O)Cc1ccccc1)C(=O)N1CCOCC1. The number of rotatable bonds is 5. The summed E-state index contributed by atoms with van der Waals surface area (Å²) in [6.07, 6.45) is 0. The summed E-state index contributed by atoms with van der Waals surface area (Å²) in [6.45, 7) is 3.57. The van der Waals surface area contributed by atoms with Gasteiger partial charge in [0, 0.05) is 13.1 Å². The first kappa shape index (κ1) is 15.9. The van der Waals surface area contributed by atoms with Crippen molar-refractivity contribution >= 4 is 15.9 Å². The summed E-state index contributed by atoms with van der Waals surface area (Å²) in [5, 5.41) is 0. The molecule has 1 fully saturated rings. The van der Waals surface area contributed by atoms with Crippen LogP contribution < -0.4 is 4.72 Å². The molecule has 1 aliphatic rings. The van der Waals surface area contributed by atoms with Crippen LogP contribution in [0.15, 0.2) is 30.3 Å². The number of hydrogen-bond donors (Lipinski definition) is 1. The molecule has 0 bridgehead atoms. The molecule has 1 amide bonds. The normalized spacial score (nSPS) is 17.5. The number of nitrogens with one attached hydrogen (secondary N) is 1. The monoisotopic (exact) mass is 312 g/mol. The van der Waals surface area contributed by atoms with Gasteiger partial charge < -0.3 is 9.64 Å². The van der Waals surface area contributed by atoms with Crippen LogP contribution in [0.4, 0.5) is 0 Å². The van der Waals surface area contributed by atoms with E-state index in [4.69, 9.17) is 4.74 Å². The van der Waals surface area contributed by atoms with Crippen molar-refractivity contribution in [3.05, 3.63) is 35.9 Å². The highest BCUT2D eigenvalue weighted by atomic mass is 32.2. The number of morpholine rings is 1. The zero-order valence-electron chi connectivity index (χ0n) is 12.0. The summed E-state index contributed by atoms with van der Waals surface area (Å²) in [4.78, 5) is 13.8. The van der Waals surface area contributed by atoms with Gasteiger partial charge in [-0.05, 0) is 12.5 Å². The number of carbonyl (C=O) groups excluding carboxylic acids is 1. The molecule has 0 spiro atoms. The van der Waals surface area contributed by atoms with Gasteiger partial charge in [-0.25, -0.2) is 13.1 Å². The number of carbonyl (C=O) groups is 1. The van der Waals surface area contributed by atoms with E-state index in [0.29, 0.717) is 31.9 Å². The number of benzene rings is 1. The van der Waals surface area contributed by atoms with Crippen molar-refractivity contribution in [2.45, 2.75) is 18.7 Å². The average Bonchev–Trinajstić information content (AvgIpc) is 2.47. The summed E-state index contributed by atoms with van der Waals surface area (Å²) < 4.78 is 31.8. The van der Waals surface area contributed by atoms with Crippen molar-refractivity contribution in [1.82, 2.24) is 9.62 Å². The molecule has 0 radical (unpaired) electrons. The smallest absolute Gasteiger partial charge is 0.240 e. The summed E-state index contributed by atoms with van der Waals surface area (Å²) in [5.41, 5.74) is 0.691. The van der Waals surface area contributed by atoms with Crippen LogP contribution in [0.1, 0.15) is 12.5 Å². The van der Waals surface area contributed by atoms with Gasteiger partial charge in [0.1, 0.15) is 0 Å². The quantitative estimate of drug-likeness (QED) is 0.851. The van der Waals surface area contributed by atoms with Gasteiger partial charge in [0.15, 0.2) is 0 Å². The molecule has 1 aromatic rings. The summed E-state index contributed by atoms with van der Waals surface area (Å²) in [7, 11) is -3.55. The van der Waals surface area contributed by atoms with Gasteiger partial charge >= 0.3 is 0 Å². The van der Waals surface area contributed by atoms with Gasteiger partial charge in [0.25, 0.3) is 0 Å². The van der Waals surface area contributed by atoms with E-state index in [1.807, 2.05) is 6.07 Å². The van der Waals surface area contributed by atoms with Gasteiger partial charge in [0.05, 0.1) is 25.0 Å². The maximum atomic E-state index is 12.2. The number of nitrogens with zero attached hydrogens (tertiary/aromatic N) is 1. The van der Waals surface area contributed by atoms with Gasteiger partial charge in [-0.3, -0.25) is 4.79 Å².